The van der Waals surface area contributed by atoms with Crippen LogP contribution in [0.4, 0.5) is 0 Å². The van der Waals surface area contributed by atoms with Crippen LogP contribution in [0.5, 0.6) is 0 Å². The van der Waals surface area contributed by atoms with Crippen molar-refractivity contribution >= 4 is 17.9 Å². The van der Waals surface area contributed by atoms with E-state index in [0.717, 1.165) is 6.08 Å². The van der Waals surface area contributed by atoms with Crippen molar-refractivity contribution in [2.24, 2.45) is 0 Å². The molecule has 0 rings (SSSR count). The number of aliphatic carboxylic acids is 1. The summed E-state index contributed by atoms with van der Waals surface area (Å²) in [5, 5.41) is 8.19. The normalized spacial score (nSPS) is 9.81. The monoisotopic (exact) mass is 228 g/mol. The maximum Gasteiger partial charge on any atom is 0.333 e. The van der Waals surface area contributed by atoms with Crippen LogP contribution in [0.1, 0.15) is 6.92 Å². The predicted molar refractivity (Wildman–Crippen MR) is 53.5 cm³/mol. The second kappa shape index (κ2) is 7.22. The Bertz CT molecular complexity index is 328. The molecule has 1 N–H and O–H groups in total. The van der Waals surface area contributed by atoms with Crippen molar-refractivity contribution in [3.63, 3.8) is 0 Å². The fourth-order valence-electron chi connectivity index (χ4n) is 0.587. The fourth-order valence-corrected chi connectivity index (χ4v) is 0.587. The topological polar surface area (TPSA) is 89.9 Å². The highest BCUT2D eigenvalue weighted by Gasteiger charge is 2.03. The molecule has 0 fully saturated rings. The molecule has 0 spiro atoms. The smallest absolute Gasteiger partial charge is 0.333 e. The van der Waals surface area contributed by atoms with E-state index >= 15 is 0 Å². The Hall–Kier alpha value is -2.11. The number of carboxylic acid groups (broad SMARTS) is 1. The first-order valence-electron chi connectivity index (χ1n) is 4.34. The van der Waals surface area contributed by atoms with Crippen LogP contribution in [0.15, 0.2) is 24.3 Å². The van der Waals surface area contributed by atoms with E-state index in [4.69, 9.17) is 5.11 Å². The standard InChI is InChI=1S/C10H12O6/c1-7(2)10(14)16-6-5-15-9(13)4-3-8(11)12/h3-4H,1,5-6H2,2H3,(H,11,12)/b4-3+. The molecule has 0 radical (unpaired) electrons. The molecular weight excluding hydrogens is 216 g/mol. The molecule has 0 amide bonds. The van der Waals surface area contributed by atoms with Gasteiger partial charge in [0, 0.05) is 17.7 Å². The molecule has 0 aromatic carbocycles. The third-order valence-electron chi connectivity index (χ3n) is 1.27. The molecule has 0 saturated carbocycles. The van der Waals surface area contributed by atoms with Gasteiger partial charge in [-0.15, -0.1) is 0 Å². The van der Waals surface area contributed by atoms with Crippen LogP contribution >= 0.6 is 0 Å². The molecule has 6 heteroatoms. The zero-order valence-electron chi connectivity index (χ0n) is 8.76. The lowest BCUT2D eigenvalue weighted by molar-refractivity contribution is -0.146. The van der Waals surface area contributed by atoms with Crippen LogP contribution in [0.2, 0.25) is 0 Å². The molecule has 6 nitrogen and oxygen atoms in total. The Kier molecular flexibility index (Phi) is 6.27. The number of ether oxygens (including phenoxy) is 2. The number of carbonyl (C=O) groups is 3. The molecule has 0 aliphatic carbocycles. The molecule has 0 heterocycles. The highest BCUT2D eigenvalue weighted by molar-refractivity contribution is 5.90. The molecule has 88 valence electrons. The number of esters is 2. The summed E-state index contributed by atoms with van der Waals surface area (Å²) in [6.07, 6.45) is 1.42. The third-order valence-corrected chi connectivity index (χ3v) is 1.27. The molecule has 0 aromatic rings. The molecule has 16 heavy (non-hydrogen) atoms. The number of hydrogen-bond acceptors (Lipinski definition) is 5. The van der Waals surface area contributed by atoms with E-state index in [2.05, 4.69) is 16.1 Å². The van der Waals surface area contributed by atoms with Crippen molar-refractivity contribution in [3.8, 4) is 0 Å². The van der Waals surface area contributed by atoms with Crippen molar-refractivity contribution in [1.29, 1.82) is 0 Å². The molecule has 0 aliphatic heterocycles. The van der Waals surface area contributed by atoms with Gasteiger partial charge in [0.25, 0.3) is 0 Å². The molecule has 0 bridgehead atoms. The van der Waals surface area contributed by atoms with E-state index in [-0.39, 0.29) is 18.8 Å². The van der Waals surface area contributed by atoms with E-state index in [1.54, 1.807) is 0 Å². The molecule has 0 aliphatic rings. The first-order valence-corrected chi connectivity index (χ1v) is 4.34. The summed E-state index contributed by atoms with van der Waals surface area (Å²) in [5.74, 6) is -2.63. The number of carbonyl (C=O) groups excluding carboxylic acids is 2. The van der Waals surface area contributed by atoms with Gasteiger partial charge in [-0.3, -0.25) is 0 Å². The first kappa shape index (κ1) is 13.9. The van der Waals surface area contributed by atoms with Crippen molar-refractivity contribution in [2.75, 3.05) is 13.2 Å². The van der Waals surface area contributed by atoms with E-state index in [0.29, 0.717) is 6.08 Å². The van der Waals surface area contributed by atoms with E-state index in [9.17, 15) is 14.4 Å². The molecule has 0 aromatic heterocycles. The quantitative estimate of drug-likeness (QED) is 0.399. The summed E-state index contributed by atoms with van der Waals surface area (Å²) in [6, 6.07) is 0. The predicted octanol–water partition coefficient (Wildman–Crippen LogP) is 0.290. The van der Waals surface area contributed by atoms with E-state index in [1.807, 2.05) is 0 Å². The van der Waals surface area contributed by atoms with Gasteiger partial charge in [-0.05, 0) is 6.92 Å². The number of carboxylic acids is 1. The highest BCUT2D eigenvalue weighted by Crippen LogP contribution is 1.92. The molecule has 0 saturated heterocycles. The van der Waals surface area contributed by atoms with Gasteiger partial charge in [0.1, 0.15) is 13.2 Å². The number of hydrogen-bond donors (Lipinski definition) is 1. The van der Waals surface area contributed by atoms with Gasteiger partial charge in [-0.1, -0.05) is 6.58 Å². The zero-order chi connectivity index (χ0) is 12.6. The maximum absolute atomic E-state index is 10.8. The van der Waals surface area contributed by atoms with Crippen molar-refractivity contribution in [3.05, 3.63) is 24.3 Å². The van der Waals surface area contributed by atoms with E-state index in [1.165, 1.54) is 6.92 Å². The second-order valence-corrected chi connectivity index (χ2v) is 2.76. The van der Waals surface area contributed by atoms with Crippen LogP contribution < -0.4 is 0 Å². The van der Waals surface area contributed by atoms with Gasteiger partial charge in [-0.2, -0.15) is 0 Å². The van der Waals surface area contributed by atoms with Crippen LogP contribution in [0, 0.1) is 0 Å². The van der Waals surface area contributed by atoms with Gasteiger partial charge in [-0.25, -0.2) is 14.4 Å². The van der Waals surface area contributed by atoms with Crippen LogP contribution in [-0.2, 0) is 23.9 Å². The number of rotatable bonds is 6. The van der Waals surface area contributed by atoms with E-state index < -0.39 is 17.9 Å². The van der Waals surface area contributed by atoms with Crippen LogP contribution in [0.3, 0.4) is 0 Å². The first-order chi connectivity index (χ1) is 7.43. The summed E-state index contributed by atoms with van der Waals surface area (Å²) in [5.41, 5.74) is 0.247. The Labute approximate surface area is 92.2 Å². The lowest BCUT2D eigenvalue weighted by Gasteiger charge is -2.03. The Morgan fingerprint density at radius 1 is 1.19 bits per heavy atom. The van der Waals surface area contributed by atoms with Gasteiger partial charge in [0.15, 0.2) is 0 Å². The summed E-state index contributed by atoms with van der Waals surface area (Å²) in [7, 11) is 0. The molecular formula is C10H12O6. The zero-order valence-corrected chi connectivity index (χ0v) is 8.76. The van der Waals surface area contributed by atoms with Gasteiger partial charge >= 0.3 is 17.9 Å². The van der Waals surface area contributed by atoms with Crippen molar-refractivity contribution < 1.29 is 29.0 Å². The Morgan fingerprint density at radius 2 is 1.75 bits per heavy atom. The van der Waals surface area contributed by atoms with Crippen LogP contribution in [0.25, 0.3) is 0 Å². The highest BCUT2D eigenvalue weighted by atomic mass is 16.6. The van der Waals surface area contributed by atoms with Crippen LogP contribution in [-0.4, -0.2) is 36.2 Å². The summed E-state index contributed by atoms with van der Waals surface area (Å²) in [4.78, 5) is 31.7. The fraction of sp³-hybridized carbons (Fsp3) is 0.300. The Balaban J connectivity index is 3.67. The average Bonchev–Trinajstić information content (AvgIpc) is 2.20. The van der Waals surface area contributed by atoms with Gasteiger partial charge < -0.3 is 14.6 Å². The largest absolute Gasteiger partial charge is 0.478 e. The van der Waals surface area contributed by atoms with Gasteiger partial charge in [0.05, 0.1) is 0 Å². The minimum Gasteiger partial charge on any atom is -0.478 e. The lowest BCUT2D eigenvalue weighted by atomic mass is 10.4. The lowest BCUT2D eigenvalue weighted by Crippen LogP contribution is -2.13. The van der Waals surface area contributed by atoms with Crippen molar-refractivity contribution in [1.82, 2.24) is 0 Å². The van der Waals surface area contributed by atoms with Crippen molar-refractivity contribution in [2.45, 2.75) is 6.92 Å². The average molecular weight is 228 g/mol. The second-order valence-electron chi connectivity index (χ2n) is 2.76. The van der Waals surface area contributed by atoms with Gasteiger partial charge in [0.2, 0.25) is 0 Å². The summed E-state index contributed by atoms with van der Waals surface area (Å²) in [6.45, 7) is 4.61. The molecule has 0 atom stereocenters. The minimum absolute atomic E-state index is 0.0989. The maximum atomic E-state index is 10.8. The summed E-state index contributed by atoms with van der Waals surface area (Å²) < 4.78 is 9.15. The minimum atomic E-state index is -1.24. The Morgan fingerprint density at radius 3 is 2.25 bits per heavy atom. The third kappa shape index (κ3) is 7.31. The SMILES string of the molecule is C=C(C)C(=O)OCCOC(=O)/C=C/C(=O)O. The summed E-state index contributed by atoms with van der Waals surface area (Å²) >= 11 is 0. The molecule has 0 unspecified atom stereocenters.